The van der Waals surface area contributed by atoms with Crippen molar-refractivity contribution in [1.82, 2.24) is 0 Å². The summed E-state index contributed by atoms with van der Waals surface area (Å²) in [6.07, 6.45) is 2.62. The van der Waals surface area contributed by atoms with Crippen molar-refractivity contribution in [2.75, 3.05) is 5.32 Å². The number of anilines is 1. The Kier molecular flexibility index (Phi) is 4.11. The van der Waals surface area contributed by atoms with Crippen LogP contribution in [-0.4, -0.2) is 5.91 Å². The molecule has 1 N–H and O–H groups in total. The molecule has 98 valence electrons. The highest BCUT2D eigenvalue weighted by Crippen LogP contribution is 2.16. The molecule has 3 nitrogen and oxygen atoms in total. The summed E-state index contributed by atoms with van der Waals surface area (Å²) in [7, 11) is 0. The second-order valence-electron chi connectivity index (χ2n) is 3.59. The van der Waals surface area contributed by atoms with Crippen LogP contribution >= 0.6 is 15.9 Å². The predicted molar refractivity (Wildman–Crippen MR) is 70.4 cm³/mol. The van der Waals surface area contributed by atoms with Gasteiger partial charge in [-0.15, -0.1) is 0 Å². The Bertz CT molecular complexity index is 637. The van der Waals surface area contributed by atoms with E-state index >= 15 is 0 Å². The third kappa shape index (κ3) is 3.75. The number of benzene rings is 1. The molecule has 0 atom stereocenters. The maximum absolute atomic E-state index is 13.3. The molecule has 0 saturated carbocycles. The van der Waals surface area contributed by atoms with Crippen molar-refractivity contribution in [2.45, 2.75) is 0 Å². The van der Waals surface area contributed by atoms with Gasteiger partial charge in [0.1, 0.15) is 17.4 Å². The molecule has 0 radical (unpaired) electrons. The molecule has 2 rings (SSSR count). The Hall–Kier alpha value is -1.95. The van der Waals surface area contributed by atoms with E-state index in [0.717, 1.165) is 12.1 Å². The maximum atomic E-state index is 13.3. The smallest absolute Gasteiger partial charge is 0.248 e. The molecule has 0 spiro atoms. The van der Waals surface area contributed by atoms with E-state index in [1.807, 2.05) is 0 Å². The number of carbonyl (C=O) groups is 1. The van der Waals surface area contributed by atoms with Crippen LogP contribution in [0.2, 0.25) is 0 Å². The maximum Gasteiger partial charge on any atom is 0.248 e. The van der Waals surface area contributed by atoms with Crippen LogP contribution in [0.25, 0.3) is 6.08 Å². The van der Waals surface area contributed by atoms with Crippen LogP contribution in [0.15, 0.2) is 45.5 Å². The molecule has 1 aromatic carbocycles. The van der Waals surface area contributed by atoms with Gasteiger partial charge in [-0.25, -0.2) is 8.78 Å². The molecule has 19 heavy (non-hydrogen) atoms. The number of halogens is 3. The Morgan fingerprint density at radius 3 is 2.68 bits per heavy atom. The molecule has 2 aromatic rings. The van der Waals surface area contributed by atoms with Crippen LogP contribution in [0.3, 0.4) is 0 Å². The summed E-state index contributed by atoms with van der Waals surface area (Å²) >= 11 is 3.12. The fourth-order valence-electron chi connectivity index (χ4n) is 1.34. The van der Waals surface area contributed by atoms with Crippen molar-refractivity contribution >= 4 is 33.6 Å². The lowest BCUT2D eigenvalue weighted by molar-refractivity contribution is -0.111. The molecule has 1 amide bonds. The van der Waals surface area contributed by atoms with Gasteiger partial charge < -0.3 is 9.73 Å². The van der Waals surface area contributed by atoms with E-state index in [-0.39, 0.29) is 5.69 Å². The number of furan rings is 1. The molecule has 6 heteroatoms. The number of amides is 1. The number of hydrogen-bond acceptors (Lipinski definition) is 2. The van der Waals surface area contributed by atoms with Crippen molar-refractivity contribution in [3.8, 4) is 0 Å². The molecule has 0 fully saturated rings. The molecule has 1 aromatic heterocycles. The predicted octanol–water partition coefficient (Wildman–Crippen LogP) is 3.97. The van der Waals surface area contributed by atoms with Gasteiger partial charge in [0.25, 0.3) is 0 Å². The minimum absolute atomic E-state index is 0.0864. The van der Waals surface area contributed by atoms with E-state index in [1.165, 1.54) is 12.2 Å². The minimum atomic E-state index is -0.831. The Balaban J connectivity index is 2.03. The summed E-state index contributed by atoms with van der Waals surface area (Å²) in [6.45, 7) is 0. The summed E-state index contributed by atoms with van der Waals surface area (Å²) in [5, 5.41) is 2.29. The Morgan fingerprint density at radius 1 is 1.26 bits per heavy atom. The van der Waals surface area contributed by atoms with Crippen molar-refractivity contribution in [3.63, 3.8) is 0 Å². The zero-order chi connectivity index (χ0) is 13.8. The van der Waals surface area contributed by atoms with Gasteiger partial charge in [0.05, 0.1) is 5.69 Å². The summed E-state index contributed by atoms with van der Waals surface area (Å²) in [5.41, 5.74) is -0.0864. The van der Waals surface area contributed by atoms with E-state index in [4.69, 9.17) is 4.42 Å². The summed E-state index contributed by atoms with van der Waals surface area (Å²) in [6, 6.07) is 6.25. The Morgan fingerprint density at radius 2 is 2.05 bits per heavy atom. The molecular weight excluding hydrogens is 320 g/mol. The average molecular weight is 328 g/mol. The first kappa shape index (κ1) is 13.5. The second-order valence-corrected chi connectivity index (χ2v) is 4.37. The van der Waals surface area contributed by atoms with Gasteiger partial charge in [0, 0.05) is 12.1 Å². The molecule has 0 bridgehead atoms. The molecule has 0 aliphatic carbocycles. The molecule has 0 saturated heterocycles. The van der Waals surface area contributed by atoms with Crippen LogP contribution in [0, 0.1) is 11.6 Å². The summed E-state index contributed by atoms with van der Waals surface area (Å²) in [5.74, 6) is -1.60. The average Bonchev–Trinajstić information content (AvgIpc) is 2.76. The van der Waals surface area contributed by atoms with Gasteiger partial charge >= 0.3 is 0 Å². The Labute approximate surface area is 116 Å². The number of rotatable bonds is 3. The van der Waals surface area contributed by atoms with E-state index < -0.39 is 17.5 Å². The fraction of sp³-hybridized carbons (Fsp3) is 0. The van der Waals surface area contributed by atoms with Gasteiger partial charge in [-0.3, -0.25) is 4.79 Å². The van der Waals surface area contributed by atoms with E-state index in [0.29, 0.717) is 16.5 Å². The molecular formula is C13H8BrF2NO2. The standard InChI is InChI=1S/C13H8BrF2NO2/c14-12-5-2-9(19-12)3-6-13(18)17-11-4-1-8(15)7-10(11)16/h1-7H,(H,17,18)/b6-3+. The van der Waals surface area contributed by atoms with Crippen molar-refractivity contribution in [3.05, 3.63) is 58.5 Å². The number of nitrogens with one attached hydrogen (secondary N) is 1. The third-order valence-electron chi connectivity index (χ3n) is 2.18. The van der Waals surface area contributed by atoms with Gasteiger partial charge in [0.15, 0.2) is 4.67 Å². The van der Waals surface area contributed by atoms with Gasteiger partial charge in [-0.2, -0.15) is 0 Å². The van der Waals surface area contributed by atoms with Gasteiger partial charge in [-0.1, -0.05) is 0 Å². The van der Waals surface area contributed by atoms with E-state index in [9.17, 15) is 13.6 Å². The zero-order valence-corrected chi connectivity index (χ0v) is 11.1. The first-order valence-corrected chi connectivity index (χ1v) is 6.03. The van der Waals surface area contributed by atoms with Crippen LogP contribution in [0.4, 0.5) is 14.5 Å². The highest BCUT2D eigenvalue weighted by atomic mass is 79.9. The SMILES string of the molecule is O=C(/C=C/c1ccc(Br)o1)Nc1ccc(F)cc1F. The van der Waals surface area contributed by atoms with E-state index in [2.05, 4.69) is 21.2 Å². The van der Waals surface area contributed by atoms with E-state index in [1.54, 1.807) is 12.1 Å². The first-order valence-electron chi connectivity index (χ1n) is 5.24. The van der Waals surface area contributed by atoms with Crippen LogP contribution < -0.4 is 5.32 Å². The normalized spacial score (nSPS) is 10.9. The fourth-order valence-corrected chi connectivity index (χ4v) is 1.66. The highest BCUT2D eigenvalue weighted by molar-refractivity contribution is 9.10. The van der Waals surface area contributed by atoms with Crippen LogP contribution in [0.5, 0.6) is 0 Å². The molecule has 1 heterocycles. The molecule has 0 unspecified atom stereocenters. The quantitative estimate of drug-likeness (QED) is 0.866. The van der Waals surface area contributed by atoms with Gasteiger partial charge in [0.2, 0.25) is 5.91 Å². The summed E-state index contributed by atoms with van der Waals surface area (Å²) in [4.78, 5) is 11.5. The minimum Gasteiger partial charge on any atom is -0.450 e. The highest BCUT2D eigenvalue weighted by Gasteiger charge is 2.06. The first-order chi connectivity index (χ1) is 9.04. The van der Waals surface area contributed by atoms with Crippen LogP contribution in [-0.2, 0) is 4.79 Å². The van der Waals surface area contributed by atoms with Gasteiger partial charge in [-0.05, 0) is 46.3 Å². The summed E-state index contributed by atoms with van der Waals surface area (Å²) < 4.78 is 31.6. The van der Waals surface area contributed by atoms with Crippen molar-refractivity contribution in [2.24, 2.45) is 0 Å². The largest absolute Gasteiger partial charge is 0.450 e. The second kappa shape index (κ2) is 5.79. The van der Waals surface area contributed by atoms with Crippen molar-refractivity contribution < 1.29 is 18.0 Å². The lowest BCUT2D eigenvalue weighted by Gasteiger charge is -2.03. The number of carbonyl (C=O) groups excluding carboxylic acids is 1. The number of hydrogen-bond donors (Lipinski definition) is 1. The third-order valence-corrected chi connectivity index (χ3v) is 2.61. The lowest BCUT2D eigenvalue weighted by atomic mass is 10.3. The topological polar surface area (TPSA) is 42.2 Å². The molecule has 0 aliphatic heterocycles. The zero-order valence-electron chi connectivity index (χ0n) is 9.49. The molecule has 0 aliphatic rings. The lowest BCUT2D eigenvalue weighted by Crippen LogP contribution is -2.09. The van der Waals surface area contributed by atoms with Crippen LogP contribution in [0.1, 0.15) is 5.76 Å². The van der Waals surface area contributed by atoms with Crippen molar-refractivity contribution in [1.29, 1.82) is 0 Å². The monoisotopic (exact) mass is 327 g/mol.